The molecular weight excluding hydrogens is 262 g/mol. The van der Waals surface area contributed by atoms with Crippen molar-refractivity contribution in [2.45, 2.75) is 32.2 Å². The van der Waals surface area contributed by atoms with Gasteiger partial charge in [-0.3, -0.25) is 9.69 Å². The first-order valence-electron chi connectivity index (χ1n) is 6.60. The predicted molar refractivity (Wildman–Crippen MR) is 77.2 cm³/mol. The number of hydrogen-bond acceptors (Lipinski definition) is 3. The Labute approximate surface area is 119 Å². The molecule has 0 amide bonds. The lowest BCUT2D eigenvalue weighted by atomic mass is 9.91. The number of nitrogens with zero attached hydrogens (tertiary/aromatic N) is 1. The molecule has 0 bridgehead atoms. The van der Waals surface area contributed by atoms with E-state index in [1.165, 1.54) is 12.8 Å². The molecule has 0 N–H and O–H groups in total. The summed E-state index contributed by atoms with van der Waals surface area (Å²) >= 11 is 6.00. The van der Waals surface area contributed by atoms with Gasteiger partial charge < -0.3 is 4.74 Å². The number of carbonyl (C=O) groups is 1. The van der Waals surface area contributed by atoms with Gasteiger partial charge in [0.25, 0.3) is 0 Å². The van der Waals surface area contributed by atoms with Crippen LogP contribution in [0.1, 0.15) is 37.0 Å². The lowest BCUT2D eigenvalue weighted by Crippen LogP contribution is -2.48. The largest absolute Gasteiger partial charge is 0.495 e. The number of rotatable bonds is 4. The second kappa shape index (κ2) is 5.51. The van der Waals surface area contributed by atoms with Crippen LogP contribution in [0.4, 0.5) is 0 Å². The molecular formula is C15H20ClNO2. The summed E-state index contributed by atoms with van der Waals surface area (Å²) in [5.41, 5.74) is 0.174. The van der Waals surface area contributed by atoms with Gasteiger partial charge in [-0.25, -0.2) is 0 Å². The minimum Gasteiger partial charge on any atom is -0.495 e. The Morgan fingerprint density at radius 1 is 1.32 bits per heavy atom. The Morgan fingerprint density at radius 2 is 1.95 bits per heavy atom. The average molecular weight is 282 g/mol. The van der Waals surface area contributed by atoms with Gasteiger partial charge >= 0.3 is 0 Å². The highest BCUT2D eigenvalue weighted by atomic mass is 35.5. The van der Waals surface area contributed by atoms with Crippen LogP contribution >= 0.6 is 11.6 Å². The van der Waals surface area contributed by atoms with Crippen LogP contribution in [0.2, 0.25) is 5.02 Å². The summed E-state index contributed by atoms with van der Waals surface area (Å²) in [6, 6.07) is 5.21. The van der Waals surface area contributed by atoms with Crippen molar-refractivity contribution in [3.8, 4) is 5.75 Å². The number of ketones is 1. The molecule has 1 fully saturated rings. The number of hydrogen-bond donors (Lipinski definition) is 0. The number of likely N-dealkylation sites (tertiary alicyclic amines) is 1. The Kier molecular flexibility index (Phi) is 4.16. The van der Waals surface area contributed by atoms with E-state index in [9.17, 15) is 4.79 Å². The van der Waals surface area contributed by atoms with Crippen molar-refractivity contribution in [3.63, 3.8) is 0 Å². The fourth-order valence-electron chi connectivity index (χ4n) is 2.57. The van der Waals surface area contributed by atoms with Gasteiger partial charge in [0, 0.05) is 5.56 Å². The summed E-state index contributed by atoms with van der Waals surface area (Å²) in [4.78, 5) is 14.9. The normalized spacial score (nSPS) is 16.6. The van der Waals surface area contributed by atoms with Crippen LogP contribution in [-0.4, -0.2) is 36.4 Å². The number of benzene rings is 1. The quantitative estimate of drug-likeness (QED) is 0.792. The summed E-state index contributed by atoms with van der Waals surface area (Å²) in [7, 11) is 1.56. The molecule has 1 aliphatic heterocycles. The minimum absolute atomic E-state index is 0.115. The predicted octanol–water partition coefficient (Wildman–Crippen LogP) is 3.41. The highest BCUT2D eigenvalue weighted by molar-refractivity contribution is 6.32. The van der Waals surface area contributed by atoms with Gasteiger partial charge in [-0.2, -0.15) is 0 Å². The fourth-order valence-corrected chi connectivity index (χ4v) is 2.77. The molecule has 1 aromatic rings. The molecule has 0 aliphatic carbocycles. The monoisotopic (exact) mass is 281 g/mol. The second-order valence-corrected chi connectivity index (χ2v) is 5.84. The Bertz CT molecular complexity index is 479. The molecule has 3 nitrogen and oxygen atoms in total. The number of ether oxygens (including phenoxy) is 1. The summed E-state index contributed by atoms with van der Waals surface area (Å²) in [5, 5.41) is 0.526. The minimum atomic E-state index is -0.477. The topological polar surface area (TPSA) is 29.5 Å². The molecule has 1 aliphatic rings. The van der Waals surface area contributed by atoms with Crippen LogP contribution in [-0.2, 0) is 0 Å². The third kappa shape index (κ3) is 2.77. The zero-order chi connectivity index (χ0) is 14.0. The Hall–Kier alpha value is -1.06. The second-order valence-electron chi connectivity index (χ2n) is 5.43. The molecule has 19 heavy (non-hydrogen) atoms. The first-order valence-corrected chi connectivity index (χ1v) is 6.98. The maximum atomic E-state index is 12.7. The van der Waals surface area contributed by atoms with Crippen molar-refractivity contribution < 1.29 is 9.53 Å². The molecule has 0 radical (unpaired) electrons. The molecule has 4 heteroatoms. The summed E-state index contributed by atoms with van der Waals surface area (Å²) < 4.78 is 5.18. The lowest BCUT2D eigenvalue weighted by molar-refractivity contribution is 0.0702. The lowest BCUT2D eigenvalue weighted by Gasteiger charge is -2.34. The van der Waals surface area contributed by atoms with Crippen molar-refractivity contribution in [2.24, 2.45) is 0 Å². The molecule has 2 rings (SSSR count). The third-order valence-corrected chi connectivity index (χ3v) is 4.18. The summed E-state index contributed by atoms with van der Waals surface area (Å²) in [5.74, 6) is 0.661. The number of Topliss-reactive ketones (excluding diaryl/α,β-unsaturated/α-hetero) is 1. The number of carbonyl (C=O) groups excluding carboxylic acids is 1. The van der Waals surface area contributed by atoms with E-state index in [1.54, 1.807) is 25.3 Å². The van der Waals surface area contributed by atoms with Gasteiger partial charge in [0.1, 0.15) is 5.75 Å². The van der Waals surface area contributed by atoms with Gasteiger partial charge in [-0.05, 0) is 58.0 Å². The van der Waals surface area contributed by atoms with Gasteiger partial charge in [-0.15, -0.1) is 0 Å². The Balaban J connectivity index is 2.27. The molecule has 0 spiro atoms. The molecule has 0 atom stereocenters. The van der Waals surface area contributed by atoms with Crippen LogP contribution < -0.4 is 4.74 Å². The fraction of sp³-hybridized carbons (Fsp3) is 0.533. The number of methoxy groups -OCH3 is 1. The Morgan fingerprint density at radius 3 is 2.53 bits per heavy atom. The van der Waals surface area contributed by atoms with E-state index in [1.807, 2.05) is 13.8 Å². The molecule has 0 saturated carbocycles. The standard InChI is InChI=1S/C15H20ClNO2/c1-15(2,17-8-4-5-9-17)14(18)11-6-7-12(16)13(10-11)19-3/h6-7,10H,4-5,8-9H2,1-3H3. The van der Waals surface area contributed by atoms with Crippen LogP contribution in [0.15, 0.2) is 18.2 Å². The van der Waals surface area contributed by atoms with Crippen LogP contribution in [0.3, 0.4) is 0 Å². The van der Waals surface area contributed by atoms with Gasteiger partial charge in [0.2, 0.25) is 0 Å². The van der Waals surface area contributed by atoms with Gasteiger partial charge in [0.15, 0.2) is 5.78 Å². The SMILES string of the molecule is COc1cc(C(=O)C(C)(C)N2CCCC2)ccc1Cl. The van der Waals surface area contributed by atoms with E-state index in [0.29, 0.717) is 16.3 Å². The zero-order valence-corrected chi connectivity index (χ0v) is 12.5. The van der Waals surface area contributed by atoms with Gasteiger partial charge in [-0.1, -0.05) is 11.6 Å². The van der Waals surface area contributed by atoms with Crippen LogP contribution in [0, 0.1) is 0 Å². The maximum absolute atomic E-state index is 12.7. The van der Waals surface area contributed by atoms with E-state index in [0.717, 1.165) is 13.1 Å². The molecule has 1 saturated heterocycles. The molecule has 104 valence electrons. The zero-order valence-electron chi connectivity index (χ0n) is 11.7. The first-order chi connectivity index (χ1) is 8.96. The van der Waals surface area contributed by atoms with Crippen molar-refractivity contribution >= 4 is 17.4 Å². The van der Waals surface area contributed by atoms with E-state index >= 15 is 0 Å². The van der Waals surface area contributed by atoms with Crippen LogP contribution in [0.25, 0.3) is 0 Å². The van der Waals surface area contributed by atoms with Gasteiger partial charge in [0.05, 0.1) is 17.7 Å². The molecule has 1 heterocycles. The highest BCUT2D eigenvalue weighted by Gasteiger charge is 2.36. The molecule has 1 aromatic carbocycles. The maximum Gasteiger partial charge on any atom is 0.182 e. The van der Waals surface area contributed by atoms with Crippen molar-refractivity contribution in [2.75, 3.05) is 20.2 Å². The highest BCUT2D eigenvalue weighted by Crippen LogP contribution is 2.29. The van der Waals surface area contributed by atoms with E-state index in [-0.39, 0.29) is 5.78 Å². The van der Waals surface area contributed by atoms with Crippen LogP contribution in [0.5, 0.6) is 5.75 Å². The van der Waals surface area contributed by atoms with Crippen molar-refractivity contribution in [1.82, 2.24) is 4.90 Å². The van der Waals surface area contributed by atoms with Crippen molar-refractivity contribution in [1.29, 1.82) is 0 Å². The van der Waals surface area contributed by atoms with E-state index in [4.69, 9.17) is 16.3 Å². The smallest absolute Gasteiger partial charge is 0.182 e. The van der Waals surface area contributed by atoms with E-state index < -0.39 is 5.54 Å². The first kappa shape index (κ1) is 14.4. The number of halogens is 1. The van der Waals surface area contributed by atoms with Crippen molar-refractivity contribution in [3.05, 3.63) is 28.8 Å². The third-order valence-electron chi connectivity index (χ3n) is 3.87. The summed E-state index contributed by atoms with van der Waals surface area (Å²) in [6.45, 7) is 5.95. The summed E-state index contributed by atoms with van der Waals surface area (Å²) in [6.07, 6.45) is 2.33. The molecule has 0 unspecified atom stereocenters. The molecule has 0 aromatic heterocycles. The average Bonchev–Trinajstić information content (AvgIpc) is 2.93. The van der Waals surface area contributed by atoms with E-state index in [2.05, 4.69) is 4.90 Å².